The van der Waals surface area contributed by atoms with E-state index in [1.165, 1.54) is 23.1 Å². The average Bonchev–Trinajstić information content (AvgIpc) is 2.79. The normalized spacial score (nSPS) is 12.5. The molecule has 0 saturated carbocycles. The summed E-state index contributed by atoms with van der Waals surface area (Å²) >= 11 is 0. The molecule has 0 heterocycles. The molecular weight excluding hydrogens is 485 g/mol. The van der Waals surface area contributed by atoms with Crippen LogP contribution in [0.15, 0.2) is 48.5 Å². The van der Waals surface area contributed by atoms with Crippen molar-refractivity contribution in [1.82, 2.24) is 10.2 Å². The molecule has 1 atom stereocenters. The molecule has 0 aliphatic rings. The number of methoxy groups -OCH3 is 1. The number of halogens is 1. The van der Waals surface area contributed by atoms with Crippen LogP contribution in [0.25, 0.3) is 0 Å². The van der Waals surface area contributed by atoms with Crippen molar-refractivity contribution in [3.8, 4) is 5.75 Å². The van der Waals surface area contributed by atoms with E-state index in [0.29, 0.717) is 5.75 Å². The van der Waals surface area contributed by atoms with E-state index in [1.54, 1.807) is 32.2 Å². The number of carbonyl (C=O) groups excluding carboxylic acids is 2. The van der Waals surface area contributed by atoms with Crippen LogP contribution in [0.3, 0.4) is 0 Å². The minimum atomic E-state index is -3.77. The molecule has 198 valence electrons. The van der Waals surface area contributed by atoms with Gasteiger partial charge >= 0.3 is 0 Å². The zero-order chi connectivity index (χ0) is 27.1. The maximum atomic E-state index is 14.3. The molecule has 0 aliphatic carbocycles. The Morgan fingerprint density at radius 2 is 1.69 bits per heavy atom. The third-order valence-corrected chi connectivity index (χ3v) is 6.63. The van der Waals surface area contributed by atoms with Gasteiger partial charge in [0.1, 0.15) is 17.6 Å². The van der Waals surface area contributed by atoms with Gasteiger partial charge in [-0.2, -0.15) is 0 Å². The minimum Gasteiger partial charge on any atom is -0.497 e. The molecule has 2 aromatic carbocycles. The summed E-state index contributed by atoms with van der Waals surface area (Å²) in [6, 6.07) is 12.0. The van der Waals surface area contributed by atoms with Crippen molar-refractivity contribution in [3.63, 3.8) is 0 Å². The molecule has 8 nitrogen and oxygen atoms in total. The third kappa shape index (κ3) is 8.51. The molecule has 0 aliphatic heterocycles. The molecule has 2 aromatic rings. The van der Waals surface area contributed by atoms with Crippen LogP contribution in [0.4, 0.5) is 10.1 Å². The molecule has 0 saturated heterocycles. The fourth-order valence-corrected chi connectivity index (χ4v) is 4.59. The smallest absolute Gasteiger partial charge is 0.242 e. The molecule has 0 aromatic heterocycles. The standard InChI is InChI=1S/C26H36FN3O5S/c1-19(25(32)28-26(2,3)4)29(18-20-13-15-21(35-5)16-14-20)24(31)12-9-17-30(36(6,33)34)23-11-8-7-10-22(23)27/h7-8,10-11,13-16,19H,9,12,17-18H2,1-6H3,(H,28,32). The van der Waals surface area contributed by atoms with Crippen molar-refractivity contribution in [2.75, 3.05) is 24.2 Å². The van der Waals surface area contributed by atoms with Crippen LogP contribution in [0.2, 0.25) is 0 Å². The van der Waals surface area contributed by atoms with E-state index in [2.05, 4.69) is 5.32 Å². The number of nitrogens with zero attached hydrogens (tertiary/aromatic N) is 2. The van der Waals surface area contributed by atoms with Crippen LogP contribution < -0.4 is 14.4 Å². The highest BCUT2D eigenvalue weighted by Gasteiger charge is 2.29. The molecule has 36 heavy (non-hydrogen) atoms. The van der Waals surface area contributed by atoms with Crippen LogP contribution in [-0.2, 0) is 26.2 Å². The second-order valence-corrected chi connectivity index (χ2v) is 11.6. The summed E-state index contributed by atoms with van der Waals surface area (Å²) in [5.74, 6) is -0.607. The fraction of sp³-hybridized carbons (Fsp3) is 0.462. The Bertz CT molecular complexity index is 1150. The highest BCUT2D eigenvalue weighted by atomic mass is 32.2. The highest BCUT2D eigenvalue weighted by Crippen LogP contribution is 2.22. The average molecular weight is 522 g/mol. The summed E-state index contributed by atoms with van der Waals surface area (Å²) in [6.07, 6.45) is 1.12. The number of sulfonamides is 1. The van der Waals surface area contributed by atoms with Crippen LogP contribution in [0, 0.1) is 5.82 Å². The maximum Gasteiger partial charge on any atom is 0.242 e. The van der Waals surface area contributed by atoms with Gasteiger partial charge in [0, 0.05) is 25.0 Å². The van der Waals surface area contributed by atoms with Gasteiger partial charge in [-0.15, -0.1) is 0 Å². The second-order valence-electron chi connectivity index (χ2n) is 9.68. The van der Waals surface area contributed by atoms with Gasteiger partial charge in [0.25, 0.3) is 0 Å². The highest BCUT2D eigenvalue weighted by molar-refractivity contribution is 7.92. The molecule has 2 rings (SSSR count). The first-order chi connectivity index (χ1) is 16.7. The van der Waals surface area contributed by atoms with E-state index in [-0.39, 0.29) is 43.4 Å². The van der Waals surface area contributed by atoms with Crippen molar-refractivity contribution in [1.29, 1.82) is 0 Å². The monoisotopic (exact) mass is 521 g/mol. The number of nitrogens with one attached hydrogen (secondary N) is 1. The molecule has 0 fully saturated rings. The predicted molar refractivity (Wildman–Crippen MR) is 139 cm³/mol. The maximum absolute atomic E-state index is 14.3. The number of rotatable bonds is 11. The summed E-state index contributed by atoms with van der Waals surface area (Å²) in [4.78, 5) is 27.6. The quantitative estimate of drug-likeness (QED) is 0.486. The molecule has 1 unspecified atom stereocenters. The first-order valence-electron chi connectivity index (χ1n) is 11.7. The molecule has 1 N–H and O–H groups in total. The number of carbonyl (C=O) groups is 2. The van der Waals surface area contributed by atoms with E-state index in [1.807, 2.05) is 32.9 Å². The number of anilines is 1. The molecule has 0 bridgehead atoms. The van der Waals surface area contributed by atoms with E-state index in [0.717, 1.165) is 16.1 Å². The van der Waals surface area contributed by atoms with Crippen molar-refractivity contribution >= 4 is 27.5 Å². The summed E-state index contributed by atoms with van der Waals surface area (Å²) in [6.45, 7) is 7.33. The van der Waals surface area contributed by atoms with Gasteiger partial charge in [0.05, 0.1) is 19.1 Å². The van der Waals surface area contributed by atoms with Crippen molar-refractivity contribution in [2.45, 2.75) is 58.7 Å². The van der Waals surface area contributed by atoms with E-state index in [4.69, 9.17) is 4.74 Å². The van der Waals surface area contributed by atoms with Crippen molar-refractivity contribution < 1.29 is 27.1 Å². The summed E-state index contributed by atoms with van der Waals surface area (Å²) in [5, 5.41) is 2.90. The van der Waals surface area contributed by atoms with E-state index in [9.17, 15) is 22.4 Å². The van der Waals surface area contributed by atoms with Crippen LogP contribution in [0.1, 0.15) is 46.1 Å². The van der Waals surface area contributed by atoms with Crippen LogP contribution in [0.5, 0.6) is 5.75 Å². The molecule has 0 radical (unpaired) electrons. The Labute approximate surface area is 213 Å². The van der Waals surface area contributed by atoms with Gasteiger partial charge in [-0.1, -0.05) is 24.3 Å². The lowest BCUT2D eigenvalue weighted by molar-refractivity contribution is -0.141. The van der Waals surface area contributed by atoms with Gasteiger partial charge in [-0.05, 0) is 63.9 Å². The summed E-state index contributed by atoms with van der Waals surface area (Å²) in [7, 11) is -2.21. The van der Waals surface area contributed by atoms with Gasteiger partial charge in [0.15, 0.2) is 0 Å². The Kier molecular flexibility index (Phi) is 9.86. The van der Waals surface area contributed by atoms with Crippen LogP contribution in [-0.4, -0.2) is 56.6 Å². The first kappa shape index (κ1) is 29.1. The van der Waals surface area contributed by atoms with Crippen molar-refractivity contribution in [2.24, 2.45) is 0 Å². The summed E-state index contributed by atoms with van der Waals surface area (Å²) < 4.78 is 45.1. The van der Waals surface area contributed by atoms with Crippen LogP contribution >= 0.6 is 0 Å². The minimum absolute atomic E-state index is 0.0240. The lowest BCUT2D eigenvalue weighted by Gasteiger charge is -2.32. The molecule has 10 heteroatoms. The zero-order valence-corrected chi connectivity index (χ0v) is 22.6. The predicted octanol–water partition coefficient (Wildman–Crippen LogP) is 3.71. The number of hydrogen-bond donors (Lipinski definition) is 1. The van der Waals surface area contributed by atoms with Gasteiger partial charge in [-0.3, -0.25) is 13.9 Å². The third-order valence-electron chi connectivity index (χ3n) is 5.45. The number of hydrogen-bond acceptors (Lipinski definition) is 5. The summed E-state index contributed by atoms with van der Waals surface area (Å²) in [5.41, 5.74) is 0.264. The topological polar surface area (TPSA) is 96.0 Å². The number of para-hydroxylation sites is 1. The number of benzene rings is 2. The first-order valence-corrected chi connectivity index (χ1v) is 13.5. The van der Waals surface area contributed by atoms with E-state index < -0.39 is 27.4 Å². The Morgan fingerprint density at radius 3 is 2.22 bits per heavy atom. The number of ether oxygens (including phenoxy) is 1. The van der Waals surface area contributed by atoms with Gasteiger partial charge in [0.2, 0.25) is 21.8 Å². The SMILES string of the molecule is COc1ccc(CN(C(=O)CCCN(c2ccccc2F)S(C)(=O)=O)C(C)C(=O)NC(C)(C)C)cc1. The van der Waals surface area contributed by atoms with E-state index >= 15 is 0 Å². The fourth-order valence-electron chi connectivity index (χ4n) is 3.62. The lowest BCUT2D eigenvalue weighted by atomic mass is 10.1. The lowest BCUT2D eigenvalue weighted by Crippen LogP contribution is -2.52. The zero-order valence-electron chi connectivity index (χ0n) is 21.7. The van der Waals surface area contributed by atoms with Gasteiger partial charge in [-0.25, -0.2) is 12.8 Å². The Hall–Kier alpha value is -3.14. The second kappa shape index (κ2) is 12.2. The molecule has 2 amide bonds. The molecule has 0 spiro atoms. The van der Waals surface area contributed by atoms with Crippen molar-refractivity contribution in [3.05, 3.63) is 59.9 Å². The van der Waals surface area contributed by atoms with Gasteiger partial charge < -0.3 is 15.0 Å². The Morgan fingerprint density at radius 1 is 1.08 bits per heavy atom. The molecular formula is C26H36FN3O5S. The largest absolute Gasteiger partial charge is 0.497 e. The number of amides is 2. The Balaban J connectivity index is 2.20.